The van der Waals surface area contributed by atoms with Gasteiger partial charge in [-0.2, -0.15) is 0 Å². The van der Waals surface area contributed by atoms with Crippen LogP contribution in [0.25, 0.3) is 0 Å². The molecule has 3 nitrogen and oxygen atoms in total. The Morgan fingerprint density at radius 1 is 1.16 bits per heavy atom. The average molecular weight is 260 g/mol. The summed E-state index contributed by atoms with van der Waals surface area (Å²) in [5.41, 5.74) is 0.671. The summed E-state index contributed by atoms with van der Waals surface area (Å²) < 4.78 is 19.2. The summed E-state index contributed by atoms with van der Waals surface area (Å²) in [4.78, 5) is 11.0. The number of hydrogen-bond donors (Lipinski definition) is 1. The van der Waals surface area contributed by atoms with E-state index in [4.69, 9.17) is 9.84 Å². The van der Waals surface area contributed by atoms with E-state index in [0.717, 1.165) is 5.56 Å². The molecule has 0 bridgehead atoms. The highest BCUT2D eigenvalue weighted by Gasteiger charge is 2.18. The molecule has 1 N–H and O–H groups in total. The quantitative estimate of drug-likeness (QED) is 0.912. The van der Waals surface area contributed by atoms with Gasteiger partial charge in [-0.05, 0) is 24.6 Å². The van der Waals surface area contributed by atoms with Crippen molar-refractivity contribution in [1.82, 2.24) is 0 Å². The first-order chi connectivity index (χ1) is 9.09. The van der Waals surface area contributed by atoms with Crippen LogP contribution < -0.4 is 4.74 Å². The molecule has 0 aromatic heterocycles. The maximum absolute atomic E-state index is 13.7. The summed E-state index contributed by atoms with van der Waals surface area (Å²) in [7, 11) is 0. The Hall–Kier alpha value is -2.36. The molecule has 1 atom stereocenters. The Labute approximate surface area is 110 Å². The van der Waals surface area contributed by atoms with Gasteiger partial charge in [0.05, 0.1) is 0 Å². The van der Waals surface area contributed by atoms with Gasteiger partial charge in [0.15, 0.2) is 11.6 Å². The van der Waals surface area contributed by atoms with Crippen molar-refractivity contribution in [2.24, 2.45) is 0 Å². The van der Waals surface area contributed by atoms with E-state index >= 15 is 0 Å². The number of ether oxygens (including phenoxy) is 1. The molecular weight excluding hydrogens is 247 g/mol. The van der Waals surface area contributed by atoms with E-state index in [2.05, 4.69) is 0 Å². The fourth-order valence-corrected chi connectivity index (χ4v) is 1.77. The van der Waals surface area contributed by atoms with Gasteiger partial charge >= 0.3 is 5.97 Å². The number of para-hydroxylation sites is 1. The van der Waals surface area contributed by atoms with E-state index < -0.39 is 17.9 Å². The highest BCUT2D eigenvalue weighted by Crippen LogP contribution is 2.28. The normalized spacial score (nSPS) is 11.9. The van der Waals surface area contributed by atoms with Gasteiger partial charge in [-0.25, -0.2) is 9.18 Å². The van der Waals surface area contributed by atoms with Crippen molar-refractivity contribution < 1.29 is 19.0 Å². The maximum Gasteiger partial charge on any atom is 0.339 e. The van der Waals surface area contributed by atoms with Crippen LogP contribution in [-0.2, 0) is 0 Å². The smallest absolute Gasteiger partial charge is 0.339 e. The number of aromatic carboxylic acids is 1. The molecule has 0 aliphatic carbocycles. The zero-order valence-electron chi connectivity index (χ0n) is 10.3. The van der Waals surface area contributed by atoms with Crippen LogP contribution in [0.15, 0.2) is 48.5 Å². The first kappa shape index (κ1) is 13.1. The number of halogens is 1. The number of rotatable bonds is 4. The first-order valence-corrected chi connectivity index (χ1v) is 5.83. The zero-order chi connectivity index (χ0) is 13.8. The number of carbonyl (C=O) groups is 1. The third kappa shape index (κ3) is 2.91. The lowest BCUT2D eigenvalue weighted by atomic mass is 10.1. The van der Waals surface area contributed by atoms with Crippen LogP contribution in [0.4, 0.5) is 4.39 Å². The van der Waals surface area contributed by atoms with Gasteiger partial charge in [0.25, 0.3) is 0 Å². The van der Waals surface area contributed by atoms with Gasteiger partial charge in [-0.15, -0.1) is 0 Å². The molecule has 2 rings (SSSR count). The Bertz CT molecular complexity index is 581. The van der Waals surface area contributed by atoms with Gasteiger partial charge in [0.2, 0.25) is 0 Å². The maximum atomic E-state index is 13.7. The molecule has 0 aliphatic heterocycles. The summed E-state index contributed by atoms with van der Waals surface area (Å²) in [5.74, 6) is -2.12. The van der Waals surface area contributed by atoms with Gasteiger partial charge in [-0.3, -0.25) is 0 Å². The van der Waals surface area contributed by atoms with E-state index in [1.165, 1.54) is 18.2 Å². The molecule has 0 aliphatic rings. The van der Waals surface area contributed by atoms with Crippen LogP contribution in [0.5, 0.6) is 5.75 Å². The minimum atomic E-state index is -1.21. The summed E-state index contributed by atoms with van der Waals surface area (Å²) in [6, 6.07) is 13.1. The predicted octanol–water partition coefficient (Wildman–Crippen LogP) is 3.66. The minimum Gasteiger partial charge on any atom is -0.482 e. The third-order valence-corrected chi connectivity index (χ3v) is 2.76. The second-order valence-corrected chi connectivity index (χ2v) is 4.09. The van der Waals surface area contributed by atoms with E-state index in [0.29, 0.717) is 0 Å². The van der Waals surface area contributed by atoms with Crippen LogP contribution in [0, 0.1) is 5.82 Å². The van der Waals surface area contributed by atoms with Crippen LogP contribution in [0.2, 0.25) is 0 Å². The SMILES string of the molecule is CC(Oc1c(F)cccc1C(=O)O)c1ccccc1. The lowest BCUT2D eigenvalue weighted by Crippen LogP contribution is -2.09. The number of benzene rings is 2. The molecule has 0 heterocycles. The summed E-state index contributed by atoms with van der Waals surface area (Å²) in [6.07, 6.45) is -0.434. The Morgan fingerprint density at radius 2 is 1.84 bits per heavy atom. The van der Waals surface area contributed by atoms with E-state index in [9.17, 15) is 9.18 Å². The van der Waals surface area contributed by atoms with Crippen LogP contribution in [0.1, 0.15) is 28.9 Å². The molecule has 0 spiro atoms. The second kappa shape index (κ2) is 5.52. The molecule has 0 saturated heterocycles. The van der Waals surface area contributed by atoms with Gasteiger partial charge < -0.3 is 9.84 Å². The molecule has 1 unspecified atom stereocenters. The number of carboxylic acid groups (broad SMARTS) is 1. The third-order valence-electron chi connectivity index (χ3n) is 2.76. The largest absolute Gasteiger partial charge is 0.482 e. The van der Waals surface area contributed by atoms with Crippen LogP contribution >= 0.6 is 0 Å². The molecule has 2 aromatic carbocycles. The number of hydrogen-bond acceptors (Lipinski definition) is 2. The van der Waals surface area contributed by atoms with Crippen LogP contribution in [0.3, 0.4) is 0 Å². The Kier molecular flexibility index (Phi) is 3.80. The van der Waals surface area contributed by atoms with Crippen LogP contribution in [-0.4, -0.2) is 11.1 Å². The fraction of sp³-hybridized carbons (Fsp3) is 0.133. The van der Waals surface area contributed by atoms with Gasteiger partial charge in [0, 0.05) is 0 Å². The Morgan fingerprint density at radius 3 is 2.47 bits per heavy atom. The lowest BCUT2D eigenvalue weighted by Gasteiger charge is -2.17. The second-order valence-electron chi connectivity index (χ2n) is 4.09. The summed E-state index contributed by atoms with van der Waals surface area (Å²) in [6.45, 7) is 1.74. The molecule has 19 heavy (non-hydrogen) atoms. The molecule has 0 saturated carbocycles. The molecule has 0 fully saturated rings. The van der Waals surface area contributed by atoms with Crippen molar-refractivity contribution in [2.75, 3.05) is 0 Å². The van der Waals surface area contributed by atoms with E-state index in [-0.39, 0.29) is 11.3 Å². The molecule has 0 radical (unpaired) electrons. The molecule has 98 valence electrons. The molecular formula is C15H13FO3. The standard InChI is InChI=1S/C15H13FO3/c1-10(11-6-3-2-4-7-11)19-14-12(15(17)18)8-5-9-13(14)16/h2-10H,1H3,(H,17,18). The molecule has 4 heteroatoms. The van der Waals surface area contributed by atoms with E-state index in [1.54, 1.807) is 6.92 Å². The fourth-order valence-electron chi connectivity index (χ4n) is 1.77. The molecule has 0 amide bonds. The summed E-state index contributed by atoms with van der Waals surface area (Å²) >= 11 is 0. The zero-order valence-corrected chi connectivity index (χ0v) is 10.3. The molecule has 2 aromatic rings. The Balaban J connectivity index is 2.31. The lowest BCUT2D eigenvalue weighted by molar-refractivity contribution is 0.0688. The van der Waals surface area contributed by atoms with Crippen molar-refractivity contribution in [3.63, 3.8) is 0 Å². The number of carboxylic acids is 1. The highest BCUT2D eigenvalue weighted by atomic mass is 19.1. The average Bonchev–Trinajstić information content (AvgIpc) is 2.41. The van der Waals surface area contributed by atoms with Crippen molar-refractivity contribution in [3.05, 3.63) is 65.5 Å². The van der Waals surface area contributed by atoms with Gasteiger partial charge in [-0.1, -0.05) is 36.4 Å². The monoisotopic (exact) mass is 260 g/mol. The minimum absolute atomic E-state index is 0.178. The predicted molar refractivity (Wildman–Crippen MR) is 68.8 cm³/mol. The van der Waals surface area contributed by atoms with Crippen molar-refractivity contribution in [3.8, 4) is 5.75 Å². The first-order valence-electron chi connectivity index (χ1n) is 5.83. The van der Waals surface area contributed by atoms with Crippen molar-refractivity contribution in [2.45, 2.75) is 13.0 Å². The highest BCUT2D eigenvalue weighted by molar-refractivity contribution is 5.90. The van der Waals surface area contributed by atoms with Gasteiger partial charge in [0.1, 0.15) is 11.7 Å². The van der Waals surface area contributed by atoms with E-state index in [1.807, 2.05) is 30.3 Å². The van der Waals surface area contributed by atoms with Crippen molar-refractivity contribution >= 4 is 5.97 Å². The summed E-state index contributed by atoms with van der Waals surface area (Å²) in [5, 5.41) is 9.03. The topological polar surface area (TPSA) is 46.5 Å². The van der Waals surface area contributed by atoms with Crippen molar-refractivity contribution in [1.29, 1.82) is 0 Å².